The van der Waals surface area contributed by atoms with Crippen LogP contribution in [0.1, 0.15) is 29.3 Å². The molecule has 0 aliphatic heterocycles. The van der Waals surface area contributed by atoms with Gasteiger partial charge < -0.3 is 15.4 Å². The van der Waals surface area contributed by atoms with E-state index >= 15 is 0 Å². The molecule has 8 nitrogen and oxygen atoms in total. The summed E-state index contributed by atoms with van der Waals surface area (Å²) in [6.07, 6.45) is 1.71. The zero-order valence-corrected chi connectivity index (χ0v) is 19.0. The number of methoxy groups -OCH3 is 1. The average Bonchev–Trinajstić information content (AvgIpc) is 2.72. The van der Waals surface area contributed by atoms with Crippen molar-refractivity contribution < 1.29 is 22.7 Å². The molecule has 0 radical (unpaired) electrons. The van der Waals surface area contributed by atoms with E-state index in [4.69, 9.17) is 4.74 Å². The van der Waals surface area contributed by atoms with Crippen LogP contribution in [0.2, 0.25) is 0 Å². The van der Waals surface area contributed by atoms with Crippen LogP contribution in [0.15, 0.2) is 48.5 Å². The van der Waals surface area contributed by atoms with Crippen molar-refractivity contribution in [3.05, 3.63) is 59.7 Å². The lowest BCUT2D eigenvalue weighted by Crippen LogP contribution is -2.45. The van der Waals surface area contributed by atoms with Crippen LogP contribution >= 0.6 is 0 Å². The van der Waals surface area contributed by atoms with Gasteiger partial charge in [-0.2, -0.15) is 0 Å². The molecule has 0 spiro atoms. The van der Waals surface area contributed by atoms with Crippen LogP contribution in [0.3, 0.4) is 0 Å². The third kappa shape index (κ3) is 6.80. The predicted octanol–water partition coefficient (Wildman–Crippen LogP) is 2.55. The summed E-state index contributed by atoms with van der Waals surface area (Å²) >= 11 is 0. The monoisotopic (exact) mass is 447 g/mol. The molecule has 0 heterocycles. The number of amides is 2. The Labute approximate surface area is 183 Å². The highest BCUT2D eigenvalue weighted by molar-refractivity contribution is 7.92. The van der Waals surface area contributed by atoms with Crippen molar-refractivity contribution in [2.45, 2.75) is 26.3 Å². The molecule has 2 N–H and O–H groups in total. The number of anilines is 2. The van der Waals surface area contributed by atoms with Crippen LogP contribution in [0.25, 0.3) is 0 Å². The minimum Gasteiger partial charge on any atom is -0.385 e. The molecular weight excluding hydrogens is 418 g/mol. The van der Waals surface area contributed by atoms with Crippen molar-refractivity contribution in [3.8, 4) is 0 Å². The highest BCUT2D eigenvalue weighted by atomic mass is 32.2. The fraction of sp³-hybridized carbons (Fsp3) is 0.364. The number of sulfonamides is 1. The summed E-state index contributed by atoms with van der Waals surface area (Å²) in [7, 11) is -2.14. The number of rotatable bonds is 10. The van der Waals surface area contributed by atoms with E-state index in [1.807, 2.05) is 6.92 Å². The van der Waals surface area contributed by atoms with Gasteiger partial charge in [-0.3, -0.25) is 13.9 Å². The number of nitrogens with one attached hydrogen (secondary N) is 2. The molecule has 0 saturated carbocycles. The maximum atomic E-state index is 12.9. The van der Waals surface area contributed by atoms with Crippen molar-refractivity contribution in [2.24, 2.45) is 0 Å². The SMILES string of the molecule is COCCCNC(=O)c1ccccc1NC(=O)[C@@H](C)N(c1ccc(C)cc1)S(C)(=O)=O. The first-order valence-corrected chi connectivity index (χ1v) is 11.7. The Hall–Kier alpha value is -2.91. The van der Waals surface area contributed by atoms with Crippen LogP contribution in [-0.2, 0) is 19.6 Å². The topological polar surface area (TPSA) is 105 Å². The van der Waals surface area contributed by atoms with E-state index in [1.165, 1.54) is 6.92 Å². The van der Waals surface area contributed by atoms with Gasteiger partial charge in [0.25, 0.3) is 5.91 Å². The van der Waals surface area contributed by atoms with E-state index in [2.05, 4.69) is 10.6 Å². The normalized spacial score (nSPS) is 12.1. The Kier molecular flexibility index (Phi) is 8.58. The van der Waals surface area contributed by atoms with Gasteiger partial charge in [0.05, 0.1) is 23.2 Å². The van der Waals surface area contributed by atoms with Gasteiger partial charge in [-0.1, -0.05) is 29.8 Å². The number of hydrogen-bond donors (Lipinski definition) is 2. The van der Waals surface area contributed by atoms with E-state index in [0.717, 1.165) is 16.1 Å². The molecule has 168 valence electrons. The van der Waals surface area contributed by atoms with Gasteiger partial charge in [-0.15, -0.1) is 0 Å². The molecular formula is C22H29N3O5S. The number of benzene rings is 2. The van der Waals surface area contributed by atoms with E-state index in [9.17, 15) is 18.0 Å². The van der Waals surface area contributed by atoms with Crippen molar-refractivity contribution in [3.63, 3.8) is 0 Å². The standard InChI is InChI=1S/C22H29N3O5S/c1-16-10-12-18(13-11-16)25(31(4,28)29)17(2)21(26)24-20-9-6-5-8-19(20)22(27)23-14-7-15-30-3/h5-6,8-13,17H,7,14-15H2,1-4H3,(H,23,27)(H,24,26)/t17-/m1/s1. The first-order chi connectivity index (χ1) is 14.6. The molecule has 0 bridgehead atoms. The number of nitrogens with zero attached hydrogens (tertiary/aromatic N) is 1. The van der Waals surface area contributed by atoms with Crippen molar-refractivity contribution in [1.82, 2.24) is 5.32 Å². The van der Waals surface area contributed by atoms with Gasteiger partial charge in [0, 0.05) is 20.3 Å². The maximum absolute atomic E-state index is 12.9. The number of carbonyl (C=O) groups is 2. The Balaban J connectivity index is 2.21. The summed E-state index contributed by atoms with van der Waals surface area (Å²) in [5.74, 6) is -0.885. The zero-order chi connectivity index (χ0) is 23.0. The second-order valence-electron chi connectivity index (χ2n) is 7.21. The zero-order valence-electron chi connectivity index (χ0n) is 18.2. The molecule has 1 atom stereocenters. The lowest BCUT2D eigenvalue weighted by atomic mass is 10.1. The van der Waals surface area contributed by atoms with Crippen LogP contribution in [-0.4, -0.2) is 52.8 Å². The van der Waals surface area contributed by atoms with E-state index in [0.29, 0.717) is 36.5 Å². The molecule has 2 aromatic carbocycles. The molecule has 31 heavy (non-hydrogen) atoms. The van der Waals surface area contributed by atoms with Gasteiger partial charge in [-0.25, -0.2) is 8.42 Å². The molecule has 9 heteroatoms. The molecule has 2 rings (SSSR count). The lowest BCUT2D eigenvalue weighted by molar-refractivity contribution is -0.116. The predicted molar refractivity (Wildman–Crippen MR) is 122 cm³/mol. The third-order valence-corrected chi connectivity index (χ3v) is 5.86. The minimum atomic E-state index is -3.73. The van der Waals surface area contributed by atoms with Gasteiger partial charge in [-0.05, 0) is 44.5 Å². The quantitative estimate of drug-likeness (QED) is 0.545. The number of hydrogen-bond acceptors (Lipinski definition) is 5. The second kappa shape index (κ2) is 10.9. The third-order valence-electron chi connectivity index (χ3n) is 4.62. The largest absolute Gasteiger partial charge is 0.385 e. The Morgan fingerprint density at radius 2 is 1.74 bits per heavy atom. The summed E-state index contributed by atoms with van der Waals surface area (Å²) in [5, 5.41) is 5.47. The average molecular weight is 448 g/mol. The molecule has 0 unspecified atom stereocenters. The number of aryl methyl sites for hydroxylation is 1. The second-order valence-corrected chi connectivity index (χ2v) is 9.07. The van der Waals surface area contributed by atoms with Crippen LogP contribution < -0.4 is 14.9 Å². The molecule has 0 aromatic heterocycles. The molecule has 2 aromatic rings. The van der Waals surface area contributed by atoms with Gasteiger partial charge in [0.2, 0.25) is 15.9 Å². The van der Waals surface area contributed by atoms with E-state index < -0.39 is 22.0 Å². The van der Waals surface area contributed by atoms with Crippen LogP contribution in [0.4, 0.5) is 11.4 Å². The first kappa shape index (κ1) is 24.4. The van der Waals surface area contributed by atoms with Crippen LogP contribution in [0, 0.1) is 6.92 Å². The Morgan fingerprint density at radius 1 is 1.10 bits per heavy atom. The number of ether oxygens (including phenoxy) is 1. The fourth-order valence-corrected chi connectivity index (χ4v) is 4.22. The van der Waals surface area contributed by atoms with Gasteiger partial charge >= 0.3 is 0 Å². The number of para-hydroxylation sites is 1. The van der Waals surface area contributed by atoms with E-state index in [1.54, 1.807) is 55.6 Å². The van der Waals surface area contributed by atoms with E-state index in [-0.39, 0.29) is 5.91 Å². The summed E-state index contributed by atoms with van der Waals surface area (Å²) in [5.41, 5.74) is 1.96. The fourth-order valence-electron chi connectivity index (χ4n) is 3.04. The lowest BCUT2D eigenvalue weighted by Gasteiger charge is -2.28. The highest BCUT2D eigenvalue weighted by Gasteiger charge is 2.29. The maximum Gasteiger partial charge on any atom is 0.253 e. The summed E-state index contributed by atoms with van der Waals surface area (Å²) < 4.78 is 30.9. The first-order valence-electron chi connectivity index (χ1n) is 9.88. The molecule has 2 amide bonds. The molecule has 0 aliphatic rings. The van der Waals surface area contributed by atoms with Crippen molar-refractivity contribution in [1.29, 1.82) is 0 Å². The smallest absolute Gasteiger partial charge is 0.253 e. The van der Waals surface area contributed by atoms with Gasteiger partial charge in [0.15, 0.2) is 0 Å². The van der Waals surface area contributed by atoms with Gasteiger partial charge in [0.1, 0.15) is 6.04 Å². The Bertz CT molecular complexity index is 1010. The minimum absolute atomic E-state index is 0.293. The highest BCUT2D eigenvalue weighted by Crippen LogP contribution is 2.23. The molecule has 0 saturated heterocycles. The van der Waals surface area contributed by atoms with Crippen LogP contribution in [0.5, 0.6) is 0 Å². The summed E-state index contributed by atoms with van der Waals surface area (Å²) in [6.45, 7) is 4.35. The summed E-state index contributed by atoms with van der Waals surface area (Å²) in [6, 6.07) is 12.4. The van der Waals surface area contributed by atoms with Crippen molar-refractivity contribution >= 4 is 33.2 Å². The molecule has 0 fully saturated rings. The Morgan fingerprint density at radius 3 is 2.35 bits per heavy atom. The number of carbonyl (C=O) groups excluding carboxylic acids is 2. The van der Waals surface area contributed by atoms with Crippen molar-refractivity contribution in [2.75, 3.05) is 36.1 Å². The molecule has 0 aliphatic carbocycles. The summed E-state index contributed by atoms with van der Waals surface area (Å²) in [4.78, 5) is 25.5.